The van der Waals surface area contributed by atoms with Crippen molar-refractivity contribution in [1.29, 1.82) is 0 Å². The minimum Gasteiger partial charge on any atom is -0.272 e. The van der Waals surface area contributed by atoms with Crippen LogP contribution in [-0.4, -0.2) is 27.3 Å². The average molecular weight is 332 g/mol. The number of nitrogens with zero attached hydrogens (tertiary/aromatic N) is 2. The Morgan fingerprint density at radius 2 is 1.83 bits per heavy atom. The first kappa shape index (κ1) is 17.1. The van der Waals surface area contributed by atoms with Gasteiger partial charge in [-0.3, -0.25) is 25.1 Å². The first-order chi connectivity index (χ1) is 11.0. The average Bonchev–Trinajstić information content (AvgIpc) is 2.84. The molecule has 1 heterocycles. The molecule has 2 amide bonds. The number of amides is 2. The van der Waals surface area contributed by atoms with Crippen LogP contribution in [0.15, 0.2) is 36.4 Å². The van der Waals surface area contributed by atoms with Crippen molar-refractivity contribution in [2.75, 3.05) is 5.75 Å². The van der Waals surface area contributed by atoms with Gasteiger partial charge in [0, 0.05) is 11.4 Å². The molecular weight excluding hydrogens is 312 g/mol. The normalized spacial score (nSPS) is 10.3. The van der Waals surface area contributed by atoms with Gasteiger partial charge in [0.2, 0.25) is 5.91 Å². The van der Waals surface area contributed by atoms with Crippen LogP contribution in [0.25, 0.3) is 0 Å². The van der Waals surface area contributed by atoms with E-state index in [-0.39, 0.29) is 24.1 Å². The Labute approximate surface area is 139 Å². The van der Waals surface area contributed by atoms with E-state index in [1.165, 1.54) is 17.3 Å². The lowest BCUT2D eigenvalue weighted by molar-refractivity contribution is -0.128. The molecule has 0 saturated heterocycles. The van der Waals surface area contributed by atoms with Crippen molar-refractivity contribution in [3.8, 4) is 0 Å². The van der Waals surface area contributed by atoms with Gasteiger partial charge in [-0.05, 0) is 25.5 Å². The Hall–Kier alpha value is -2.28. The predicted molar refractivity (Wildman–Crippen MR) is 90.6 cm³/mol. The fourth-order valence-electron chi connectivity index (χ4n) is 2.02. The summed E-state index contributed by atoms with van der Waals surface area (Å²) in [6, 6.07) is 11.8. The number of hydrogen-bond acceptors (Lipinski definition) is 4. The monoisotopic (exact) mass is 332 g/mol. The Morgan fingerprint density at radius 1 is 1.13 bits per heavy atom. The third-order valence-electron chi connectivity index (χ3n) is 3.08. The topological polar surface area (TPSA) is 76.0 Å². The molecule has 2 N–H and O–H groups in total. The number of aryl methyl sites for hydroxylation is 2. The second-order valence-electron chi connectivity index (χ2n) is 5.16. The zero-order valence-electron chi connectivity index (χ0n) is 13.2. The van der Waals surface area contributed by atoms with Gasteiger partial charge < -0.3 is 0 Å². The molecule has 0 atom stereocenters. The number of benzene rings is 1. The highest BCUT2D eigenvalue weighted by Crippen LogP contribution is 2.10. The van der Waals surface area contributed by atoms with Crippen LogP contribution < -0.4 is 10.9 Å². The molecule has 122 valence electrons. The number of hydrogen-bond donors (Lipinski definition) is 2. The lowest BCUT2D eigenvalue weighted by Gasteiger charge is -2.08. The van der Waals surface area contributed by atoms with Crippen LogP contribution in [0.4, 0.5) is 0 Å². The van der Waals surface area contributed by atoms with E-state index in [1.807, 2.05) is 50.2 Å². The molecule has 0 aliphatic rings. The number of nitrogens with one attached hydrogen (secondary N) is 2. The first-order valence-corrected chi connectivity index (χ1v) is 8.40. The minimum atomic E-state index is -0.308. The van der Waals surface area contributed by atoms with E-state index < -0.39 is 0 Å². The van der Waals surface area contributed by atoms with Gasteiger partial charge >= 0.3 is 0 Å². The van der Waals surface area contributed by atoms with Gasteiger partial charge in [0.15, 0.2) is 0 Å². The number of carbonyl (C=O) groups is 2. The van der Waals surface area contributed by atoms with Gasteiger partial charge in [0.1, 0.15) is 6.54 Å². The van der Waals surface area contributed by atoms with Gasteiger partial charge in [-0.25, -0.2) is 0 Å². The fourth-order valence-corrected chi connectivity index (χ4v) is 2.81. The second-order valence-corrected chi connectivity index (χ2v) is 6.15. The van der Waals surface area contributed by atoms with Gasteiger partial charge in [0.25, 0.3) is 5.91 Å². The molecule has 0 spiro atoms. The molecule has 0 saturated carbocycles. The lowest BCUT2D eigenvalue weighted by atomic mass is 10.2. The number of carbonyl (C=O) groups excluding carboxylic acids is 2. The maximum atomic E-state index is 11.8. The maximum absolute atomic E-state index is 11.8. The molecule has 0 aliphatic carbocycles. The largest absolute Gasteiger partial charge is 0.272 e. The number of thioether (sulfide) groups is 1. The summed E-state index contributed by atoms with van der Waals surface area (Å²) >= 11 is 1.49. The van der Waals surface area contributed by atoms with E-state index >= 15 is 0 Å². The molecule has 2 aromatic rings. The van der Waals surface area contributed by atoms with Crippen LogP contribution in [0, 0.1) is 13.8 Å². The van der Waals surface area contributed by atoms with Crippen molar-refractivity contribution in [3.63, 3.8) is 0 Å². The van der Waals surface area contributed by atoms with Crippen LogP contribution in [0.3, 0.4) is 0 Å². The summed E-state index contributed by atoms with van der Waals surface area (Å²) in [5, 5.41) is 4.20. The van der Waals surface area contributed by atoms with Crippen LogP contribution in [-0.2, 0) is 21.9 Å². The molecule has 7 heteroatoms. The smallest absolute Gasteiger partial charge is 0.260 e. The zero-order chi connectivity index (χ0) is 16.7. The third-order valence-corrected chi connectivity index (χ3v) is 4.09. The van der Waals surface area contributed by atoms with Crippen molar-refractivity contribution in [1.82, 2.24) is 20.6 Å². The van der Waals surface area contributed by atoms with Crippen LogP contribution in [0.5, 0.6) is 0 Å². The van der Waals surface area contributed by atoms with Crippen molar-refractivity contribution >= 4 is 23.6 Å². The van der Waals surface area contributed by atoms with E-state index in [9.17, 15) is 9.59 Å². The van der Waals surface area contributed by atoms with E-state index in [0.29, 0.717) is 0 Å². The number of hydrazine groups is 1. The van der Waals surface area contributed by atoms with Gasteiger partial charge in [-0.15, -0.1) is 11.8 Å². The lowest BCUT2D eigenvalue weighted by Crippen LogP contribution is -2.44. The molecule has 0 unspecified atom stereocenters. The fraction of sp³-hybridized carbons (Fsp3) is 0.312. The summed E-state index contributed by atoms with van der Waals surface area (Å²) in [5.74, 6) is 0.508. The van der Waals surface area contributed by atoms with Crippen LogP contribution >= 0.6 is 11.8 Å². The number of rotatable bonds is 6. The summed E-state index contributed by atoms with van der Waals surface area (Å²) in [7, 11) is 0. The predicted octanol–water partition coefficient (Wildman–Crippen LogP) is 1.58. The molecule has 0 aliphatic heterocycles. The highest BCUT2D eigenvalue weighted by atomic mass is 32.2. The van der Waals surface area contributed by atoms with E-state index in [2.05, 4.69) is 16.0 Å². The molecule has 1 aromatic carbocycles. The SMILES string of the molecule is Cc1cc(C)n(CC(=O)NNC(=O)CSCc2ccccc2)n1. The molecule has 2 rings (SSSR count). The zero-order valence-corrected chi connectivity index (χ0v) is 14.0. The van der Waals surface area contributed by atoms with Gasteiger partial charge in [0.05, 0.1) is 11.4 Å². The van der Waals surface area contributed by atoms with Crippen molar-refractivity contribution in [3.05, 3.63) is 53.3 Å². The van der Waals surface area contributed by atoms with E-state index in [4.69, 9.17) is 0 Å². The molecule has 1 aromatic heterocycles. The summed E-state index contributed by atoms with van der Waals surface area (Å²) < 4.78 is 1.60. The van der Waals surface area contributed by atoms with Crippen molar-refractivity contribution in [2.24, 2.45) is 0 Å². The van der Waals surface area contributed by atoms with Gasteiger partial charge in [-0.1, -0.05) is 30.3 Å². The molecular formula is C16H20N4O2S. The summed E-state index contributed by atoms with van der Waals surface area (Å²) in [4.78, 5) is 23.5. The molecule has 6 nitrogen and oxygen atoms in total. The number of aromatic nitrogens is 2. The standard InChI is InChI=1S/C16H20N4O2S/c1-12-8-13(2)20(19-12)9-15(21)17-18-16(22)11-23-10-14-6-4-3-5-7-14/h3-8H,9-11H2,1-2H3,(H,17,21)(H,18,22). The van der Waals surface area contributed by atoms with Crippen LogP contribution in [0.1, 0.15) is 17.0 Å². The van der Waals surface area contributed by atoms with Crippen molar-refractivity contribution in [2.45, 2.75) is 26.1 Å². The summed E-state index contributed by atoms with van der Waals surface area (Å²) in [6.07, 6.45) is 0. The molecule has 0 bridgehead atoms. The Bertz CT molecular complexity index is 670. The first-order valence-electron chi connectivity index (χ1n) is 7.25. The minimum absolute atomic E-state index is 0.0805. The van der Waals surface area contributed by atoms with Gasteiger partial charge in [-0.2, -0.15) is 5.10 Å². The highest BCUT2D eigenvalue weighted by molar-refractivity contribution is 7.99. The van der Waals surface area contributed by atoms with E-state index in [0.717, 1.165) is 17.1 Å². The van der Waals surface area contributed by atoms with Crippen LogP contribution in [0.2, 0.25) is 0 Å². The molecule has 23 heavy (non-hydrogen) atoms. The Kier molecular flexibility index (Phi) is 6.22. The third kappa shape index (κ3) is 5.78. The maximum Gasteiger partial charge on any atom is 0.260 e. The molecule has 0 fully saturated rings. The van der Waals surface area contributed by atoms with E-state index in [1.54, 1.807) is 4.68 Å². The molecule has 0 radical (unpaired) electrons. The Balaban J connectivity index is 1.65. The second kappa shape index (κ2) is 8.38. The quantitative estimate of drug-likeness (QED) is 0.788. The van der Waals surface area contributed by atoms with Crippen molar-refractivity contribution < 1.29 is 9.59 Å². The summed E-state index contributed by atoms with van der Waals surface area (Å²) in [6.45, 7) is 3.83. The highest BCUT2D eigenvalue weighted by Gasteiger charge is 2.08. The Morgan fingerprint density at radius 3 is 2.48 bits per heavy atom. The summed E-state index contributed by atoms with van der Waals surface area (Å²) in [5.41, 5.74) is 7.75.